The Morgan fingerprint density at radius 1 is 1.29 bits per heavy atom. The molecule has 3 heterocycles. The van der Waals surface area contributed by atoms with Gasteiger partial charge in [0.1, 0.15) is 11.9 Å². The van der Waals surface area contributed by atoms with E-state index in [1.165, 1.54) is 0 Å². The molecule has 0 spiro atoms. The molecule has 2 aliphatic heterocycles. The van der Waals surface area contributed by atoms with Crippen LogP contribution in [0.2, 0.25) is 0 Å². The van der Waals surface area contributed by atoms with Gasteiger partial charge in [0, 0.05) is 23.1 Å². The van der Waals surface area contributed by atoms with Crippen molar-refractivity contribution in [2.45, 2.75) is 98.1 Å². The van der Waals surface area contributed by atoms with E-state index in [1.54, 1.807) is 32.1 Å². The van der Waals surface area contributed by atoms with Crippen molar-refractivity contribution < 1.29 is 24.2 Å². The second-order valence-corrected chi connectivity index (χ2v) is 11.8. The van der Waals surface area contributed by atoms with Crippen LogP contribution in [0.1, 0.15) is 77.4 Å². The quantitative estimate of drug-likeness (QED) is 0.453. The molecule has 2 saturated heterocycles. The van der Waals surface area contributed by atoms with Crippen LogP contribution < -0.4 is 0 Å². The van der Waals surface area contributed by atoms with E-state index in [4.69, 9.17) is 9.47 Å². The number of carbonyl (C=O) groups excluding carboxylic acids is 2. The van der Waals surface area contributed by atoms with Crippen molar-refractivity contribution in [1.29, 1.82) is 5.26 Å². The molecule has 2 aliphatic rings. The molecule has 192 valence electrons. The van der Waals surface area contributed by atoms with E-state index in [0.717, 1.165) is 35.5 Å². The lowest BCUT2D eigenvalue weighted by molar-refractivity contribution is -0.150. The number of hydrogen-bond donors (Lipinski definition) is 1. The molecule has 0 radical (unpaired) electrons. The van der Waals surface area contributed by atoms with Crippen LogP contribution in [0.25, 0.3) is 6.08 Å². The van der Waals surface area contributed by atoms with Gasteiger partial charge in [0.05, 0.1) is 47.4 Å². The number of cyclic esters (lactones) is 1. The summed E-state index contributed by atoms with van der Waals surface area (Å²) in [5.74, 6) is -2.28. The highest BCUT2D eigenvalue weighted by molar-refractivity contribution is 7.09. The Morgan fingerprint density at radius 3 is 2.63 bits per heavy atom. The summed E-state index contributed by atoms with van der Waals surface area (Å²) in [4.78, 5) is 30.8. The minimum absolute atomic E-state index is 0.00478. The number of nitrogens with zero attached hydrogens (tertiary/aromatic N) is 2. The van der Waals surface area contributed by atoms with Gasteiger partial charge in [-0.1, -0.05) is 34.1 Å². The van der Waals surface area contributed by atoms with Crippen molar-refractivity contribution >= 4 is 29.2 Å². The molecule has 2 fully saturated rings. The van der Waals surface area contributed by atoms with E-state index >= 15 is 0 Å². The van der Waals surface area contributed by atoms with E-state index in [2.05, 4.69) is 11.1 Å². The molecule has 1 aromatic rings. The zero-order chi connectivity index (χ0) is 25.9. The molecule has 7 nitrogen and oxygen atoms in total. The number of hydrogen-bond acceptors (Lipinski definition) is 8. The molecular formula is C27H38N2O5S. The normalized spacial score (nSPS) is 35.0. The number of ether oxygens (including phenoxy) is 2. The molecule has 7 atom stereocenters. The number of aliphatic hydroxyl groups excluding tert-OH is 1. The second-order valence-electron chi connectivity index (χ2n) is 10.8. The number of rotatable bonds is 2. The number of thiazole rings is 1. The number of aryl methyl sites for hydroxylation is 1. The molecule has 0 amide bonds. The molecule has 1 aromatic heterocycles. The van der Waals surface area contributed by atoms with Gasteiger partial charge in [-0.05, 0) is 44.3 Å². The zero-order valence-electron chi connectivity index (χ0n) is 21.6. The third-order valence-electron chi connectivity index (χ3n) is 7.62. The third-order valence-corrected chi connectivity index (χ3v) is 8.41. The number of ketones is 1. The Hall–Kier alpha value is -2.08. The molecule has 0 saturated carbocycles. The van der Waals surface area contributed by atoms with Crippen molar-refractivity contribution in [3.63, 3.8) is 0 Å². The smallest absolute Gasteiger partial charge is 0.307 e. The van der Waals surface area contributed by atoms with Gasteiger partial charge >= 0.3 is 5.97 Å². The van der Waals surface area contributed by atoms with Gasteiger partial charge in [0.2, 0.25) is 0 Å². The fraction of sp³-hybridized carbons (Fsp3) is 0.704. The maximum absolute atomic E-state index is 13.3. The molecule has 2 unspecified atom stereocenters. The van der Waals surface area contributed by atoms with Crippen LogP contribution in [-0.4, -0.2) is 46.3 Å². The number of aliphatic hydroxyl groups is 1. The van der Waals surface area contributed by atoms with Gasteiger partial charge < -0.3 is 14.6 Å². The van der Waals surface area contributed by atoms with Crippen molar-refractivity contribution in [2.75, 3.05) is 0 Å². The predicted molar refractivity (Wildman–Crippen MR) is 134 cm³/mol. The molecule has 8 heteroatoms. The standard InChI is InChI=1S/C27H38N2O5S/c1-15-8-7-9-21-23(33-21)12-22(16(2)10-20-14-35-18(4)29-20)34-24(30)11-19(13-28)27(5,6)26(32)17(3)25(15)31/h10,14-15,17,19,21-23,25,31H,7-9,11-12H2,1-6H3/b16-10+/t15-,17?,19-,21+,22-,23?,25-/m0/s1. The van der Waals surface area contributed by atoms with Crippen molar-refractivity contribution in [2.24, 2.45) is 23.2 Å². The summed E-state index contributed by atoms with van der Waals surface area (Å²) in [6, 6.07) is 2.16. The van der Waals surface area contributed by atoms with Crippen LogP contribution in [0, 0.1) is 41.4 Å². The first-order valence-electron chi connectivity index (χ1n) is 12.5. The first-order valence-corrected chi connectivity index (χ1v) is 13.4. The monoisotopic (exact) mass is 502 g/mol. The van der Waals surface area contributed by atoms with Gasteiger partial charge in [0.15, 0.2) is 0 Å². The van der Waals surface area contributed by atoms with Crippen molar-refractivity contribution in [1.82, 2.24) is 4.98 Å². The summed E-state index contributed by atoms with van der Waals surface area (Å²) in [6.45, 7) is 10.9. The molecule has 35 heavy (non-hydrogen) atoms. The Kier molecular flexibility index (Phi) is 8.90. The predicted octanol–water partition coefficient (Wildman–Crippen LogP) is 4.87. The van der Waals surface area contributed by atoms with Gasteiger partial charge in [0.25, 0.3) is 0 Å². The van der Waals surface area contributed by atoms with Crippen molar-refractivity contribution in [3.8, 4) is 6.07 Å². The average Bonchev–Trinajstić information content (AvgIpc) is 3.42. The van der Waals surface area contributed by atoms with Crippen LogP contribution in [0.5, 0.6) is 0 Å². The molecule has 0 aromatic carbocycles. The van der Waals surface area contributed by atoms with Crippen LogP contribution in [0.15, 0.2) is 11.0 Å². The van der Waals surface area contributed by atoms with E-state index < -0.39 is 35.4 Å². The Bertz CT molecular complexity index is 994. The number of nitriles is 1. The Morgan fingerprint density at radius 2 is 2.00 bits per heavy atom. The molecule has 0 aliphatic carbocycles. The summed E-state index contributed by atoms with van der Waals surface area (Å²) in [5.41, 5.74) is 0.589. The SMILES string of the molecule is C/C(=C\c1csc(C)n1)[C@@H]1CC2O[C@@H]2CCC[C@H](C)[C@H](O)C(C)C(=O)C(C)(C)[C@H](C#N)CC(=O)O1. The number of Topliss-reactive ketones (excluding diaryl/α,β-unsaturated/α-hetero) is 1. The fourth-order valence-corrected chi connectivity index (χ4v) is 5.57. The molecule has 3 rings (SSSR count). The molecular weight excluding hydrogens is 464 g/mol. The number of carbonyl (C=O) groups is 2. The Balaban J connectivity index is 1.85. The van der Waals surface area contributed by atoms with Crippen LogP contribution >= 0.6 is 11.3 Å². The van der Waals surface area contributed by atoms with Gasteiger partial charge in [-0.15, -0.1) is 11.3 Å². The van der Waals surface area contributed by atoms with E-state index in [-0.39, 0.29) is 30.3 Å². The van der Waals surface area contributed by atoms with Crippen LogP contribution in [0.4, 0.5) is 0 Å². The fourth-order valence-electron chi connectivity index (χ4n) is 5.00. The largest absolute Gasteiger partial charge is 0.458 e. The first-order chi connectivity index (χ1) is 16.4. The lowest BCUT2D eigenvalue weighted by Gasteiger charge is -2.34. The third kappa shape index (κ3) is 6.78. The second kappa shape index (κ2) is 11.3. The van der Waals surface area contributed by atoms with Crippen LogP contribution in [0.3, 0.4) is 0 Å². The minimum atomic E-state index is -1.10. The molecule has 0 bridgehead atoms. The number of esters is 1. The van der Waals surface area contributed by atoms with Crippen LogP contribution in [-0.2, 0) is 19.1 Å². The summed E-state index contributed by atoms with van der Waals surface area (Å²) in [5, 5.41) is 23.6. The highest BCUT2D eigenvalue weighted by atomic mass is 32.1. The molecule has 1 N–H and O–H groups in total. The van der Waals surface area contributed by atoms with Crippen molar-refractivity contribution in [3.05, 3.63) is 21.7 Å². The number of aromatic nitrogens is 1. The topological polar surface area (TPSA) is 113 Å². The maximum Gasteiger partial charge on any atom is 0.307 e. The maximum atomic E-state index is 13.3. The van der Waals surface area contributed by atoms with E-state index in [0.29, 0.717) is 6.42 Å². The summed E-state index contributed by atoms with van der Waals surface area (Å²) in [7, 11) is 0. The van der Waals surface area contributed by atoms with E-state index in [9.17, 15) is 20.0 Å². The van der Waals surface area contributed by atoms with E-state index in [1.807, 2.05) is 32.2 Å². The summed E-state index contributed by atoms with van der Waals surface area (Å²) < 4.78 is 11.8. The minimum Gasteiger partial charge on any atom is -0.458 e. The highest BCUT2D eigenvalue weighted by Crippen LogP contribution is 2.38. The number of epoxide rings is 1. The van der Waals surface area contributed by atoms with Gasteiger partial charge in [-0.3, -0.25) is 9.59 Å². The summed E-state index contributed by atoms with van der Waals surface area (Å²) >= 11 is 1.56. The lowest BCUT2D eigenvalue weighted by Crippen LogP contribution is -2.43. The lowest BCUT2D eigenvalue weighted by atomic mass is 9.69. The average molecular weight is 503 g/mol. The number of fused-ring (bicyclic) bond motifs is 1. The first kappa shape index (κ1) is 27.5. The highest BCUT2D eigenvalue weighted by Gasteiger charge is 2.45. The Labute approximate surface area is 212 Å². The van der Waals surface area contributed by atoms with Gasteiger partial charge in [-0.25, -0.2) is 4.98 Å². The summed E-state index contributed by atoms with van der Waals surface area (Å²) in [6.07, 6.45) is 3.61. The zero-order valence-corrected chi connectivity index (χ0v) is 22.4. The van der Waals surface area contributed by atoms with Gasteiger partial charge in [-0.2, -0.15) is 5.26 Å².